The normalized spacial score (nSPS) is 26.0. The van der Waals surface area contributed by atoms with E-state index in [1.807, 2.05) is 24.3 Å². The number of aryl methyl sites for hydroxylation is 1. The molecule has 0 fully saturated rings. The third-order valence-electron chi connectivity index (χ3n) is 4.56. The van der Waals surface area contributed by atoms with E-state index in [9.17, 15) is 13.6 Å². The van der Waals surface area contributed by atoms with Crippen LogP contribution in [0.25, 0.3) is 0 Å². The van der Waals surface area contributed by atoms with Crippen LogP contribution in [0.2, 0.25) is 0 Å². The van der Waals surface area contributed by atoms with Gasteiger partial charge in [-0.2, -0.15) is 0 Å². The molecule has 2 nitrogen and oxygen atoms in total. The second-order valence-electron chi connectivity index (χ2n) is 6.89. The van der Waals surface area contributed by atoms with Crippen LogP contribution >= 0.6 is 0 Å². The highest BCUT2D eigenvalue weighted by molar-refractivity contribution is 5.84. The molecular weight excluding hydrogens is 346 g/mol. The molecule has 0 aromatic heterocycles. The van der Waals surface area contributed by atoms with E-state index < -0.39 is 22.9 Å². The van der Waals surface area contributed by atoms with Crippen molar-refractivity contribution in [1.29, 1.82) is 0 Å². The number of allylic oxidation sites excluding steroid dienone is 4. The third-order valence-corrected chi connectivity index (χ3v) is 4.56. The lowest BCUT2D eigenvalue weighted by molar-refractivity contribution is -0.136. The molecule has 27 heavy (non-hydrogen) atoms. The number of esters is 1. The lowest BCUT2D eigenvalue weighted by Gasteiger charge is -2.29. The molecule has 1 unspecified atom stereocenters. The summed E-state index contributed by atoms with van der Waals surface area (Å²) in [5, 5.41) is 0. The van der Waals surface area contributed by atoms with Crippen molar-refractivity contribution < 1.29 is 18.3 Å². The van der Waals surface area contributed by atoms with Gasteiger partial charge in [0.15, 0.2) is 0 Å². The number of hydrogen-bond acceptors (Lipinski definition) is 2. The van der Waals surface area contributed by atoms with Gasteiger partial charge in [-0.1, -0.05) is 49.3 Å². The van der Waals surface area contributed by atoms with Gasteiger partial charge in [-0.05, 0) is 42.5 Å². The Hall–Kier alpha value is -2.67. The van der Waals surface area contributed by atoms with E-state index in [4.69, 9.17) is 11.2 Å². The van der Waals surface area contributed by atoms with E-state index in [1.165, 1.54) is 12.5 Å². The monoisotopic (exact) mass is 370 g/mol. The Kier molecular flexibility index (Phi) is 6.38. The molecule has 1 atom stereocenters. The first-order valence-electron chi connectivity index (χ1n) is 8.89. The van der Waals surface area contributed by atoms with Crippen LogP contribution in [0.1, 0.15) is 31.9 Å². The lowest BCUT2D eigenvalue weighted by atomic mass is 9.77. The van der Waals surface area contributed by atoms with E-state index >= 15 is 0 Å². The second kappa shape index (κ2) is 8.35. The topological polar surface area (TPSA) is 26.3 Å². The van der Waals surface area contributed by atoms with Gasteiger partial charge in [0.05, 0.1) is 5.41 Å². The number of carbonyl (C=O) groups excluding carboxylic acids is 1. The summed E-state index contributed by atoms with van der Waals surface area (Å²) in [5.74, 6) is -1.64. The average Bonchev–Trinajstić information content (AvgIpc) is 2.62. The van der Waals surface area contributed by atoms with Crippen LogP contribution in [0.5, 0.6) is 0 Å². The zero-order valence-electron chi connectivity index (χ0n) is 15.9. The van der Waals surface area contributed by atoms with E-state index in [-0.39, 0.29) is 6.61 Å². The molecule has 0 saturated heterocycles. The molecular formula is C23H24F2O2. The predicted molar refractivity (Wildman–Crippen MR) is 103 cm³/mol. The summed E-state index contributed by atoms with van der Waals surface area (Å²) in [6.07, 6.45) is 13.0. The van der Waals surface area contributed by atoms with Crippen molar-refractivity contribution in [2.75, 3.05) is 6.61 Å². The van der Waals surface area contributed by atoms with Crippen LogP contribution in [-0.2, 0) is 22.4 Å². The molecule has 2 rings (SSSR count). The van der Waals surface area contributed by atoms with Crippen molar-refractivity contribution in [1.82, 2.24) is 0 Å². The predicted octanol–water partition coefficient (Wildman–Crippen LogP) is 5.05. The SMILES string of the molecule is C#CC1(C)/C=C(Cc2ccc(CC)cc2)\C=C/COC(=O)/C=C\1C(C)(F)F. The second-order valence-corrected chi connectivity index (χ2v) is 6.89. The Labute approximate surface area is 159 Å². The quantitative estimate of drug-likeness (QED) is 0.547. The lowest BCUT2D eigenvalue weighted by Crippen LogP contribution is -2.29. The number of benzene rings is 1. The van der Waals surface area contributed by atoms with Gasteiger partial charge >= 0.3 is 5.97 Å². The summed E-state index contributed by atoms with van der Waals surface area (Å²) in [7, 11) is 0. The third kappa shape index (κ3) is 5.40. The number of alkyl halides is 2. The van der Waals surface area contributed by atoms with Crippen molar-refractivity contribution >= 4 is 5.97 Å². The van der Waals surface area contributed by atoms with Gasteiger partial charge in [-0.25, -0.2) is 13.6 Å². The van der Waals surface area contributed by atoms with Gasteiger partial charge in [0.25, 0.3) is 5.92 Å². The van der Waals surface area contributed by atoms with Gasteiger partial charge in [-0.15, -0.1) is 6.42 Å². The maximum Gasteiger partial charge on any atom is 0.331 e. The first-order valence-corrected chi connectivity index (χ1v) is 8.89. The smallest absolute Gasteiger partial charge is 0.331 e. The maximum atomic E-state index is 14.2. The van der Waals surface area contributed by atoms with Gasteiger partial charge in [0.2, 0.25) is 0 Å². The Bertz CT molecular complexity index is 817. The standard InChI is InChI=1S/C23H24F2O2/c1-5-17-9-11-18(12-10-17)14-19-8-7-13-27-21(26)15-20(23(4,24)25)22(3,6-2)16-19/h2,7-12,15-16H,5,13-14H2,1,3-4H3/b8-7-,19-16+,20-15+. The first-order chi connectivity index (χ1) is 12.7. The van der Waals surface area contributed by atoms with Crippen molar-refractivity contribution in [2.45, 2.75) is 39.5 Å². The molecule has 1 aromatic rings. The fourth-order valence-electron chi connectivity index (χ4n) is 3.08. The number of carbonyl (C=O) groups is 1. The summed E-state index contributed by atoms with van der Waals surface area (Å²) in [4.78, 5) is 11.8. The van der Waals surface area contributed by atoms with Crippen LogP contribution in [0.3, 0.4) is 0 Å². The van der Waals surface area contributed by atoms with Crippen molar-refractivity contribution in [3.8, 4) is 12.3 Å². The van der Waals surface area contributed by atoms with E-state index in [0.717, 1.165) is 30.6 Å². The highest BCUT2D eigenvalue weighted by Crippen LogP contribution is 2.40. The highest BCUT2D eigenvalue weighted by atomic mass is 19.3. The summed E-state index contributed by atoms with van der Waals surface area (Å²) in [6.45, 7) is 4.34. The van der Waals surface area contributed by atoms with Gasteiger partial charge in [0.1, 0.15) is 6.61 Å². The highest BCUT2D eigenvalue weighted by Gasteiger charge is 2.40. The Morgan fingerprint density at radius 2 is 1.89 bits per heavy atom. The summed E-state index contributed by atoms with van der Waals surface area (Å²) < 4.78 is 33.4. The molecule has 0 amide bonds. The van der Waals surface area contributed by atoms with E-state index in [1.54, 1.807) is 18.2 Å². The molecule has 0 N–H and O–H groups in total. The molecule has 1 aliphatic heterocycles. The molecule has 4 heteroatoms. The van der Waals surface area contributed by atoms with Crippen molar-refractivity contribution in [3.63, 3.8) is 0 Å². The fraction of sp³-hybridized carbons (Fsp3) is 0.348. The molecule has 0 spiro atoms. The minimum atomic E-state index is -3.26. The minimum absolute atomic E-state index is 0.0107. The number of halogens is 2. The van der Waals surface area contributed by atoms with Crippen LogP contribution in [0, 0.1) is 17.8 Å². The molecule has 1 aromatic carbocycles. The fourth-order valence-corrected chi connectivity index (χ4v) is 3.08. The van der Waals surface area contributed by atoms with Crippen LogP contribution in [-0.4, -0.2) is 18.5 Å². The minimum Gasteiger partial charge on any atom is -0.458 e. The molecule has 1 aliphatic rings. The number of ether oxygens (including phenoxy) is 1. The molecule has 0 bridgehead atoms. The largest absolute Gasteiger partial charge is 0.458 e. The number of rotatable bonds is 4. The Morgan fingerprint density at radius 1 is 1.26 bits per heavy atom. The molecule has 142 valence electrons. The summed E-state index contributed by atoms with van der Waals surface area (Å²) in [6, 6.07) is 8.14. The Balaban J connectivity index is 2.50. The zero-order valence-corrected chi connectivity index (χ0v) is 15.9. The van der Waals surface area contributed by atoms with Crippen LogP contribution in [0.4, 0.5) is 8.78 Å². The molecule has 0 radical (unpaired) electrons. The average molecular weight is 370 g/mol. The van der Waals surface area contributed by atoms with Crippen LogP contribution < -0.4 is 0 Å². The Morgan fingerprint density at radius 3 is 2.44 bits per heavy atom. The van der Waals surface area contributed by atoms with Crippen LogP contribution in [0.15, 0.2) is 59.7 Å². The number of cyclic esters (lactones) is 1. The zero-order chi connectivity index (χ0) is 20.1. The first kappa shape index (κ1) is 20.6. The summed E-state index contributed by atoms with van der Waals surface area (Å²) in [5.41, 5.74) is 1.19. The van der Waals surface area contributed by atoms with Gasteiger partial charge in [0, 0.05) is 18.6 Å². The number of terminal acetylenes is 1. The number of hydrogen-bond donors (Lipinski definition) is 0. The van der Waals surface area contributed by atoms with E-state index in [0.29, 0.717) is 6.42 Å². The van der Waals surface area contributed by atoms with E-state index in [2.05, 4.69) is 12.8 Å². The molecule has 0 aliphatic carbocycles. The van der Waals surface area contributed by atoms with Crippen molar-refractivity contribution in [3.05, 3.63) is 70.8 Å². The van der Waals surface area contributed by atoms with Crippen molar-refractivity contribution in [2.24, 2.45) is 5.41 Å². The molecule has 0 saturated carbocycles. The van der Waals surface area contributed by atoms with Gasteiger partial charge < -0.3 is 4.74 Å². The van der Waals surface area contributed by atoms with Gasteiger partial charge in [-0.3, -0.25) is 0 Å². The molecule has 1 heterocycles. The maximum absolute atomic E-state index is 14.2. The summed E-state index contributed by atoms with van der Waals surface area (Å²) >= 11 is 0.